The number of esters is 1. The molecule has 0 spiro atoms. The SMILES string of the molecule is O=C1O[C@@](OF)(C(F)(C(F)(F)F)C(F)(F)F)c2c(F)c(F)c(F)c(F)c21. The summed E-state index contributed by atoms with van der Waals surface area (Å²) in [6, 6.07) is 0. The molecule has 1 aromatic carbocycles. The van der Waals surface area contributed by atoms with Gasteiger partial charge in [0.25, 0.3) is 0 Å². The zero-order valence-electron chi connectivity index (χ0n) is 11.3. The number of cyclic esters (lactones) is 1. The molecule has 0 saturated carbocycles. The third kappa shape index (κ3) is 2.12. The Kier molecular flexibility index (Phi) is 4.18. The van der Waals surface area contributed by atoms with Crippen molar-refractivity contribution in [2.75, 3.05) is 0 Å². The van der Waals surface area contributed by atoms with Gasteiger partial charge in [-0.15, -0.1) is 4.94 Å². The molecule has 146 valence electrons. The largest absolute Gasteiger partial charge is 0.438 e. The molecule has 1 atom stereocenters. The minimum atomic E-state index is -7.22. The van der Waals surface area contributed by atoms with Gasteiger partial charge in [-0.25, -0.2) is 26.7 Å². The molecule has 0 aromatic heterocycles. The van der Waals surface area contributed by atoms with Gasteiger partial charge in [0.15, 0.2) is 23.3 Å². The molecular weight excluding hydrogens is 408 g/mol. The minimum Gasteiger partial charge on any atom is -0.417 e. The van der Waals surface area contributed by atoms with E-state index in [0.717, 1.165) is 0 Å². The summed E-state index contributed by atoms with van der Waals surface area (Å²) in [5, 5.41) is 0. The number of benzene rings is 1. The Hall–Kier alpha value is -2.19. The fourth-order valence-corrected chi connectivity index (χ4v) is 2.25. The first-order valence-electron chi connectivity index (χ1n) is 5.80. The van der Waals surface area contributed by atoms with Crippen LogP contribution in [0.15, 0.2) is 0 Å². The van der Waals surface area contributed by atoms with Gasteiger partial charge in [0.05, 0.1) is 5.56 Å². The van der Waals surface area contributed by atoms with Crippen molar-refractivity contribution in [1.29, 1.82) is 0 Å². The maximum Gasteiger partial charge on any atom is 0.438 e. The van der Waals surface area contributed by atoms with E-state index in [1.165, 1.54) is 0 Å². The van der Waals surface area contributed by atoms with E-state index in [2.05, 4.69) is 9.68 Å². The van der Waals surface area contributed by atoms with Crippen LogP contribution in [-0.2, 0) is 15.5 Å². The first-order valence-corrected chi connectivity index (χ1v) is 5.80. The van der Waals surface area contributed by atoms with E-state index in [9.17, 15) is 57.6 Å². The van der Waals surface area contributed by atoms with Crippen LogP contribution in [0.3, 0.4) is 0 Å². The lowest BCUT2D eigenvalue weighted by atomic mass is 9.85. The molecule has 0 aliphatic carbocycles. The maximum atomic E-state index is 14.2. The fraction of sp³-hybridized carbons (Fsp3) is 0.364. The van der Waals surface area contributed by atoms with Gasteiger partial charge in [-0.1, -0.05) is 0 Å². The molecule has 2 rings (SSSR count). The Morgan fingerprint density at radius 1 is 0.769 bits per heavy atom. The molecule has 0 amide bonds. The van der Waals surface area contributed by atoms with Crippen LogP contribution in [0.2, 0.25) is 0 Å². The second-order valence-electron chi connectivity index (χ2n) is 4.74. The monoisotopic (exact) mass is 408 g/mol. The van der Waals surface area contributed by atoms with Crippen LogP contribution >= 0.6 is 0 Å². The molecular formula is C11F12O3. The standard InChI is InChI=1S/C11F12O3/c12-3-1-2(4(13)6(15)5(3)14)8(26-23,25-7(1)24)9(16,10(17,18)19)11(20,21)22/t8-/m0/s1. The smallest absolute Gasteiger partial charge is 0.417 e. The van der Waals surface area contributed by atoms with Crippen LogP contribution in [0.5, 0.6) is 0 Å². The van der Waals surface area contributed by atoms with E-state index >= 15 is 0 Å². The molecule has 0 bridgehead atoms. The lowest BCUT2D eigenvalue weighted by Crippen LogP contribution is -2.67. The molecule has 1 aromatic rings. The quantitative estimate of drug-likeness (QED) is 0.317. The Bertz CT molecular complexity index is 768. The Labute approximate surface area is 133 Å². The van der Waals surface area contributed by atoms with Gasteiger partial charge in [-0.05, 0) is 4.53 Å². The number of carbonyl (C=O) groups is 1. The highest BCUT2D eigenvalue weighted by molar-refractivity contribution is 5.95. The normalized spacial score (nSPS) is 21.0. The summed E-state index contributed by atoms with van der Waals surface area (Å²) in [5.41, 5.74) is -12.4. The number of alkyl halides is 7. The summed E-state index contributed by atoms with van der Waals surface area (Å²) < 4.78 is 160. The molecule has 0 fully saturated rings. The number of ether oxygens (including phenoxy) is 1. The van der Waals surface area contributed by atoms with Crippen molar-refractivity contribution >= 4 is 5.97 Å². The molecule has 15 heteroatoms. The zero-order chi connectivity index (χ0) is 20.5. The van der Waals surface area contributed by atoms with Crippen LogP contribution in [-0.4, -0.2) is 24.0 Å². The molecule has 3 nitrogen and oxygen atoms in total. The lowest BCUT2D eigenvalue weighted by Gasteiger charge is -2.39. The van der Waals surface area contributed by atoms with Crippen LogP contribution < -0.4 is 0 Å². The molecule has 0 saturated heterocycles. The number of carbonyl (C=O) groups excluding carboxylic acids is 1. The van der Waals surface area contributed by atoms with Gasteiger partial charge in [0, 0.05) is 0 Å². The van der Waals surface area contributed by atoms with E-state index in [1.54, 1.807) is 0 Å². The van der Waals surface area contributed by atoms with Gasteiger partial charge in [-0.3, -0.25) is 0 Å². The number of halogens is 12. The first-order chi connectivity index (χ1) is 11.6. The van der Waals surface area contributed by atoms with E-state index in [-0.39, 0.29) is 0 Å². The molecule has 0 N–H and O–H groups in total. The summed E-state index contributed by atoms with van der Waals surface area (Å²) in [5.74, 6) is -20.5. The Morgan fingerprint density at radius 2 is 1.19 bits per heavy atom. The number of hydrogen-bond acceptors (Lipinski definition) is 3. The average molecular weight is 408 g/mol. The van der Waals surface area contributed by atoms with Crippen LogP contribution in [0.4, 0.5) is 52.8 Å². The van der Waals surface area contributed by atoms with Crippen molar-refractivity contribution < 1.29 is 67.3 Å². The zero-order valence-corrected chi connectivity index (χ0v) is 11.3. The highest BCUT2D eigenvalue weighted by Crippen LogP contribution is 2.61. The lowest BCUT2D eigenvalue weighted by molar-refractivity contribution is -0.471. The summed E-state index contributed by atoms with van der Waals surface area (Å²) >= 11 is 0. The van der Waals surface area contributed by atoms with Crippen molar-refractivity contribution in [3.63, 3.8) is 0 Å². The van der Waals surface area contributed by atoms with Crippen LogP contribution in [0, 0.1) is 23.3 Å². The van der Waals surface area contributed by atoms with Gasteiger partial charge in [0.1, 0.15) is 5.56 Å². The van der Waals surface area contributed by atoms with Crippen molar-refractivity contribution in [3.8, 4) is 0 Å². The first kappa shape index (κ1) is 20.1. The van der Waals surface area contributed by atoms with Crippen molar-refractivity contribution in [3.05, 3.63) is 34.4 Å². The third-order valence-electron chi connectivity index (χ3n) is 3.38. The Morgan fingerprint density at radius 3 is 1.58 bits per heavy atom. The molecule has 26 heavy (non-hydrogen) atoms. The molecule has 0 unspecified atom stereocenters. The molecule has 0 radical (unpaired) electrons. The molecule has 1 heterocycles. The number of fused-ring (bicyclic) bond motifs is 1. The summed E-state index contributed by atoms with van der Waals surface area (Å²) in [4.78, 5) is 13.5. The average Bonchev–Trinajstić information content (AvgIpc) is 2.81. The van der Waals surface area contributed by atoms with E-state index in [1.807, 2.05) is 0 Å². The third-order valence-corrected chi connectivity index (χ3v) is 3.38. The van der Waals surface area contributed by atoms with Gasteiger partial charge in [-0.2, -0.15) is 26.3 Å². The predicted molar refractivity (Wildman–Crippen MR) is 51.5 cm³/mol. The van der Waals surface area contributed by atoms with Crippen LogP contribution in [0.1, 0.15) is 15.9 Å². The van der Waals surface area contributed by atoms with Gasteiger partial charge in [0.2, 0.25) is 0 Å². The predicted octanol–water partition coefficient (Wildman–Crippen LogP) is 4.30. The topological polar surface area (TPSA) is 35.5 Å². The highest BCUT2D eigenvalue weighted by Gasteiger charge is 2.88. The second-order valence-corrected chi connectivity index (χ2v) is 4.74. The molecule has 1 aliphatic heterocycles. The maximum absolute atomic E-state index is 14.2. The summed E-state index contributed by atoms with van der Waals surface area (Å²) in [6.45, 7) is 0. The van der Waals surface area contributed by atoms with E-state index < -0.39 is 64.2 Å². The Balaban J connectivity index is 3.06. The number of hydrogen-bond donors (Lipinski definition) is 0. The van der Waals surface area contributed by atoms with Crippen molar-refractivity contribution in [1.82, 2.24) is 0 Å². The van der Waals surface area contributed by atoms with Crippen molar-refractivity contribution in [2.24, 2.45) is 0 Å². The molecule has 1 aliphatic rings. The fourth-order valence-electron chi connectivity index (χ4n) is 2.25. The summed E-state index contributed by atoms with van der Waals surface area (Å²) in [7, 11) is 0. The summed E-state index contributed by atoms with van der Waals surface area (Å²) in [6.07, 6.45) is -14.4. The highest BCUT2D eigenvalue weighted by atomic mass is 19.4. The van der Waals surface area contributed by atoms with Gasteiger partial charge < -0.3 is 4.74 Å². The second kappa shape index (κ2) is 5.40. The van der Waals surface area contributed by atoms with Crippen molar-refractivity contribution in [2.45, 2.75) is 23.8 Å². The number of rotatable bonds is 2. The van der Waals surface area contributed by atoms with E-state index in [4.69, 9.17) is 0 Å². The van der Waals surface area contributed by atoms with E-state index in [0.29, 0.717) is 0 Å². The van der Waals surface area contributed by atoms with Gasteiger partial charge >= 0.3 is 29.8 Å². The minimum absolute atomic E-state index is 2.19. The van der Waals surface area contributed by atoms with Crippen LogP contribution in [0.25, 0.3) is 0 Å².